The first kappa shape index (κ1) is 18.1. The Bertz CT molecular complexity index is 1130. The van der Waals surface area contributed by atoms with Gasteiger partial charge in [-0.25, -0.2) is 8.78 Å². The average Bonchev–Trinajstić information content (AvgIpc) is 2.53. The van der Waals surface area contributed by atoms with Gasteiger partial charge in [0, 0.05) is 18.6 Å². The normalized spacial score (nSPS) is 12.3. The van der Waals surface area contributed by atoms with Crippen LogP contribution in [0.25, 0.3) is 22.1 Å². The minimum absolute atomic E-state index is 0.0189. The van der Waals surface area contributed by atoms with Crippen LogP contribution in [0.5, 0.6) is 5.75 Å². The number of benzene rings is 2. The third kappa shape index (κ3) is 3.75. The lowest BCUT2D eigenvalue weighted by molar-refractivity contribution is 0.0175. The van der Waals surface area contributed by atoms with Crippen LogP contribution in [0.2, 0.25) is 0 Å². The Balaban J connectivity index is 2.05. The van der Waals surface area contributed by atoms with Gasteiger partial charge in [-0.15, -0.1) is 0 Å². The zero-order chi connectivity index (χ0) is 19.1. The second-order valence-electron chi connectivity index (χ2n) is 5.89. The summed E-state index contributed by atoms with van der Waals surface area (Å²) >= 11 is 0. The lowest BCUT2D eigenvalue weighted by Gasteiger charge is -2.11. The van der Waals surface area contributed by atoms with Gasteiger partial charge in [0.2, 0.25) is 0 Å². The molecule has 0 amide bonds. The van der Waals surface area contributed by atoms with Crippen LogP contribution in [-0.2, 0) is 16.0 Å². The van der Waals surface area contributed by atoms with Crippen LogP contribution in [0.15, 0.2) is 57.9 Å². The third-order valence-electron chi connectivity index (χ3n) is 3.70. The van der Waals surface area contributed by atoms with Crippen molar-refractivity contribution in [2.45, 2.75) is 12.8 Å². The van der Waals surface area contributed by atoms with Gasteiger partial charge in [-0.2, -0.15) is 8.42 Å². The first-order chi connectivity index (χ1) is 12.0. The molecule has 0 aliphatic heterocycles. The molecule has 3 rings (SSSR count). The molecule has 5 nitrogen and oxygen atoms in total. The number of halogens is 2. The molecule has 26 heavy (non-hydrogen) atoms. The maximum atomic E-state index is 13.3. The van der Waals surface area contributed by atoms with Gasteiger partial charge in [-0.05, 0) is 17.7 Å². The minimum atomic E-state index is -3.70. The van der Waals surface area contributed by atoms with Gasteiger partial charge >= 0.3 is 10.1 Å². The molecular formula is C18H14F2O5S. The number of hydrogen-bond acceptors (Lipinski definition) is 5. The van der Waals surface area contributed by atoms with E-state index in [9.17, 15) is 22.0 Å². The lowest BCUT2D eigenvalue weighted by atomic mass is 10.0. The van der Waals surface area contributed by atoms with Gasteiger partial charge in [0.25, 0.3) is 5.92 Å². The standard InChI is InChI=1S/C18H14F2O5S/c1-18(19,20)12-5-3-11(4-6-12)15-10-24-16-9-13(25-26(2,22)23)7-8-14(16)17(15)21/h3-10H,1-2H3. The van der Waals surface area contributed by atoms with Crippen molar-refractivity contribution in [2.24, 2.45) is 0 Å². The molecule has 0 fully saturated rings. The summed E-state index contributed by atoms with van der Waals surface area (Å²) in [6.45, 7) is 0.794. The Kier molecular flexibility index (Phi) is 4.31. The summed E-state index contributed by atoms with van der Waals surface area (Å²) in [6.07, 6.45) is 2.11. The third-order valence-corrected chi connectivity index (χ3v) is 4.19. The topological polar surface area (TPSA) is 73.6 Å². The van der Waals surface area contributed by atoms with Gasteiger partial charge in [0.05, 0.1) is 17.2 Å². The van der Waals surface area contributed by atoms with E-state index >= 15 is 0 Å². The number of hydrogen-bond donors (Lipinski definition) is 0. The minimum Gasteiger partial charge on any atom is -0.463 e. The van der Waals surface area contributed by atoms with Crippen molar-refractivity contribution in [3.05, 3.63) is 64.5 Å². The fourth-order valence-electron chi connectivity index (χ4n) is 2.48. The Morgan fingerprint density at radius 3 is 2.31 bits per heavy atom. The fraction of sp³-hybridized carbons (Fsp3) is 0.167. The molecule has 0 radical (unpaired) electrons. The van der Waals surface area contributed by atoms with Crippen molar-refractivity contribution in [1.29, 1.82) is 0 Å². The van der Waals surface area contributed by atoms with E-state index in [0.717, 1.165) is 13.2 Å². The maximum absolute atomic E-state index is 13.3. The van der Waals surface area contributed by atoms with Crippen molar-refractivity contribution in [3.8, 4) is 16.9 Å². The molecular weight excluding hydrogens is 366 g/mol. The van der Waals surface area contributed by atoms with E-state index in [4.69, 9.17) is 8.60 Å². The molecule has 0 unspecified atom stereocenters. The summed E-state index contributed by atoms with van der Waals surface area (Å²) in [6, 6.07) is 9.37. The maximum Gasteiger partial charge on any atom is 0.306 e. The summed E-state index contributed by atoms with van der Waals surface area (Å²) in [4.78, 5) is 12.6. The Morgan fingerprint density at radius 2 is 1.73 bits per heavy atom. The first-order valence-corrected chi connectivity index (χ1v) is 9.30. The van der Waals surface area contributed by atoms with Crippen LogP contribution in [0.1, 0.15) is 12.5 Å². The quantitative estimate of drug-likeness (QED) is 0.642. The molecule has 3 aromatic rings. The molecule has 0 saturated carbocycles. The van der Waals surface area contributed by atoms with E-state index in [1.54, 1.807) is 0 Å². The van der Waals surface area contributed by atoms with E-state index in [1.165, 1.54) is 48.7 Å². The molecule has 0 N–H and O–H groups in total. The van der Waals surface area contributed by atoms with Gasteiger partial charge in [-0.3, -0.25) is 4.79 Å². The van der Waals surface area contributed by atoms with Gasteiger partial charge in [-0.1, -0.05) is 24.3 Å². The Morgan fingerprint density at radius 1 is 1.08 bits per heavy atom. The molecule has 0 aliphatic carbocycles. The van der Waals surface area contributed by atoms with E-state index in [-0.39, 0.29) is 33.3 Å². The number of alkyl halides is 2. The van der Waals surface area contributed by atoms with E-state index in [0.29, 0.717) is 5.56 Å². The van der Waals surface area contributed by atoms with Crippen LogP contribution in [0.3, 0.4) is 0 Å². The smallest absolute Gasteiger partial charge is 0.306 e. The number of rotatable bonds is 4. The SMILES string of the molecule is CC(F)(F)c1ccc(-c2coc3cc(OS(C)(=O)=O)ccc3c2=O)cc1. The molecule has 136 valence electrons. The van der Waals surface area contributed by atoms with E-state index in [2.05, 4.69) is 0 Å². The molecule has 0 saturated heterocycles. The molecule has 1 aromatic heterocycles. The second kappa shape index (κ2) is 6.21. The highest BCUT2D eigenvalue weighted by atomic mass is 32.2. The van der Waals surface area contributed by atoms with Crippen molar-refractivity contribution < 1.29 is 25.8 Å². The summed E-state index contributed by atoms with van der Waals surface area (Å²) in [5.74, 6) is -2.95. The zero-order valence-electron chi connectivity index (χ0n) is 13.8. The van der Waals surface area contributed by atoms with Crippen LogP contribution in [0.4, 0.5) is 8.78 Å². The summed E-state index contributed by atoms with van der Waals surface area (Å²) in [5.41, 5.74) is 0.268. The van der Waals surface area contributed by atoms with Crippen LogP contribution in [0, 0.1) is 0 Å². The van der Waals surface area contributed by atoms with Crippen molar-refractivity contribution in [2.75, 3.05) is 6.26 Å². The molecule has 8 heteroatoms. The van der Waals surface area contributed by atoms with Gasteiger partial charge in [0.1, 0.15) is 17.6 Å². The predicted octanol–water partition coefficient (Wildman–Crippen LogP) is 3.91. The Labute approximate surface area is 148 Å². The molecule has 0 aliphatic rings. The highest BCUT2D eigenvalue weighted by molar-refractivity contribution is 7.86. The monoisotopic (exact) mass is 380 g/mol. The van der Waals surface area contributed by atoms with Gasteiger partial charge < -0.3 is 8.60 Å². The van der Waals surface area contributed by atoms with Crippen LogP contribution >= 0.6 is 0 Å². The van der Waals surface area contributed by atoms with Crippen molar-refractivity contribution in [3.63, 3.8) is 0 Å². The summed E-state index contributed by atoms with van der Waals surface area (Å²) in [5, 5.41) is 0.216. The molecule has 0 spiro atoms. The fourth-order valence-corrected chi connectivity index (χ4v) is 2.93. The average molecular weight is 380 g/mol. The second-order valence-corrected chi connectivity index (χ2v) is 7.46. The van der Waals surface area contributed by atoms with E-state index in [1.807, 2.05) is 0 Å². The van der Waals surface area contributed by atoms with Gasteiger partial charge in [0.15, 0.2) is 5.43 Å². The highest BCUT2D eigenvalue weighted by Crippen LogP contribution is 2.29. The van der Waals surface area contributed by atoms with Crippen LogP contribution in [-0.4, -0.2) is 14.7 Å². The van der Waals surface area contributed by atoms with Crippen molar-refractivity contribution >= 4 is 21.1 Å². The molecule has 1 heterocycles. The summed E-state index contributed by atoms with van der Waals surface area (Å²) in [7, 11) is -3.70. The predicted molar refractivity (Wildman–Crippen MR) is 93.0 cm³/mol. The van der Waals surface area contributed by atoms with E-state index < -0.39 is 16.0 Å². The van der Waals surface area contributed by atoms with Crippen molar-refractivity contribution in [1.82, 2.24) is 0 Å². The molecule has 2 aromatic carbocycles. The lowest BCUT2D eigenvalue weighted by Crippen LogP contribution is -2.08. The zero-order valence-corrected chi connectivity index (χ0v) is 14.6. The highest BCUT2D eigenvalue weighted by Gasteiger charge is 2.24. The Hall–Kier alpha value is -2.74. The molecule has 0 atom stereocenters. The van der Waals surface area contributed by atoms with Crippen LogP contribution < -0.4 is 9.61 Å². The largest absolute Gasteiger partial charge is 0.463 e. The summed E-state index contributed by atoms with van der Waals surface area (Å²) < 4.78 is 59.1. The first-order valence-electron chi connectivity index (χ1n) is 7.48. The molecule has 0 bridgehead atoms. The number of fused-ring (bicyclic) bond motifs is 1.